The van der Waals surface area contributed by atoms with E-state index in [-0.39, 0.29) is 5.54 Å². The summed E-state index contributed by atoms with van der Waals surface area (Å²) < 4.78 is 0. The number of nitrogens with zero attached hydrogens (tertiary/aromatic N) is 1. The van der Waals surface area contributed by atoms with Crippen LogP contribution in [-0.4, -0.2) is 18.0 Å². The van der Waals surface area contributed by atoms with Gasteiger partial charge in [-0.2, -0.15) is 0 Å². The molecular weight excluding hydrogens is 210 g/mol. The smallest absolute Gasteiger partial charge is 0.188 e. The Bertz CT molecular complexity index is 264. The predicted octanol–water partition coefficient (Wildman–Crippen LogP) is 2.91. The van der Waals surface area contributed by atoms with Crippen molar-refractivity contribution in [3.8, 4) is 0 Å². The van der Waals surface area contributed by atoms with Gasteiger partial charge in [0, 0.05) is 12.1 Å². The van der Waals surface area contributed by atoms with Crippen LogP contribution in [0.25, 0.3) is 0 Å². The van der Waals surface area contributed by atoms with E-state index in [2.05, 4.69) is 44.9 Å². The highest BCUT2D eigenvalue weighted by molar-refractivity contribution is 5.78. The first-order valence-electron chi connectivity index (χ1n) is 6.76. The molecule has 0 radical (unpaired) electrons. The molecule has 17 heavy (non-hydrogen) atoms. The van der Waals surface area contributed by atoms with Crippen molar-refractivity contribution in [3.63, 3.8) is 0 Å². The quantitative estimate of drug-likeness (QED) is 0.575. The standard InChI is InChI=1S/C14H29N3/c1-13(2,3)17-12(15)16-10-11-6-8-14(4,5)9-7-11/h11H,6-10H2,1-5H3,(H3,15,16,17). The van der Waals surface area contributed by atoms with Crippen LogP contribution in [0.2, 0.25) is 0 Å². The van der Waals surface area contributed by atoms with Crippen LogP contribution < -0.4 is 11.1 Å². The highest BCUT2D eigenvalue weighted by Gasteiger charge is 2.26. The molecule has 0 aromatic rings. The highest BCUT2D eigenvalue weighted by Crippen LogP contribution is 2.37. The molecule has 0 spiro atoms. The van der Waals surface area contributed by atoms with E-state index in [1.165, 1.54) is 25.7 Å². The van der Waals surface area contributed by atoms with Crippen LogP contribution in [0.5, 0.6) is 0 Å². The Morgan fingerprint density at radius 2 is 1.82 bits per heavy atom. The minimum absolute atomic E-state index is 0.00212. The Morgan fingerprint density at radius 3 is 2.29 bits per heavy atom. The van der Waals surface area contributed by atoms with Gasteiger partial charge in [0.2, 0.25) is 0 Å². The lowest BCUT2D eigenvalue weighted by Crippen LogP contribution is -2.45. The van der Waals surface area contributed by atoms with Crippen LogP contribution in [0.15, 0.2) is 4.99 Å². The van der Waals surface area contributed by atoms with Gasteiger partial charge in [0.05, 0.1) is 0 Å². The van der Waals surface area contributed by atoms with Crippen LogP contribution >= 0.6 is 0 Å². The molecule has 0 unspecified atom stereocenters. The first kappa shape index (κ1) is 14.3. The summed E-state index contributed by atoms with van der Waals surface area (Å²) in [5.41, 5.74) is 6.41. The summed E-state index contributed by atoms with van der Waals surface area (Å²) in [5, 5.41) is 3.20. The molecule has 0 aliphatic heterocycles. The number of hydrogen-bond donors (Lipinski definition) is 2. The number of nitrogens with one attached hydrogen (secondary N) is 1. The average Bonchev–Trinajstić information content (AvgIpc) is 2.13. The van der Waals surface area contributed by atoms with Crippen LogP contribution in [0.1, 0.15) is 60.3 Å². The Kier molecular flexibility index (Phi) is 4.45. The molecule has 0 saturated heterocycles. The molecule has 100 valence electrons. The van der Waals surface area contributed by atoms with Gasteiger partial charge in [0.15, 0.2) is 5.96 Å². The molecule has 3 heteroatoms. The zero-order valence-electron chi connectivity index (χ0n) is 12.1. The molecule has 3 N–H and O–H groups in total. The van der Waals surface area contributed by atoms with Crippen molar-refractivity contribution in [2.24, 2.45) is 22.1 Å². The monoisotopic (exact) mass is 239 g/mol. The molecule has 1 saturated carbocycles. The van der Waals surface area contributed by atoms with Crippen molar-refractivity contribution >= 4 is 5.96 Å². The van der Waals surface area contributed by atoms with Crippen molar-refractivity contribution in [1.29, 1.82) is 0 Å². The van der Waals surface area contributed by atoms with Crippen LogP contribution in [0.4, 0.5) is 0 Å². The van der Waals surface area contributed by atoms with Crippen molar-refractivity contribution in [2.75, 3.05) is 6.54 Å². The van der Waals surface area contributed by atoms with Gasteiger partial charge in [-0.05, 0) is 57.8 Å². The lowest BCUT2D eigenvalue weighted by Gasteiger charge is -2.33. The fourth-order valence-electron chi connectivity index (χ4n) is 2.29. The molecule has 0 bridgehead atoms. The fraction of sp³-hybridized carbons (Fsp3) is 0.929. The third-order valence-corrected chi connectivity index (χ3v) is 3.48. The van der Waals surface area contributed by atoms with E-state index in [9.17, 15) is 0 Å². The van der Waals surface area contributed by atoms with Gasteiger partial charge in [-0.3, -0.25) is 4.99 Å². The zero-order valence-corrected chi connectivity index (χ0v) is 12.1. The summed E-state index contributed by atoms with van der Waals surface area (Å²) in [6.45, 7) is 11.9. The summed E-state index contributed by atoms with van der Waals surface area (Å²) in [6, 6.07) is 0. The molecule has 1 aliphatic carbocycles. The second-order valence-corrected chi connectivity index (χ2v) is 7.21. The maximum atomic E-state index is 5.87. The second kappa shape index (κ2) is 5.28. The fourth-order valence-corrected chi connectivity index (χ4v) is 2.29. The third kappa shape index (κ3) is 5.94. The lowest BCUT2D eigenvalue weighted by atomic mass is 9.73. The number of guanidine groups is 1. The van der Waals surface area contributed by atoms with E-state index in [0.29, 0.717) is 11.4 Å². The lowest BCUT2D eigenvalue weighted by molar-refractivity contribution is 0.195. The SMILES string of the molecule is CC1(C)CCC(CN=C(N)NC(C)(C)C)CC1. The maximum absolute atomic E-state index is 5.87. The molecule has 3 nitrogen and oxygen atoms in total. The minimum Gasteiger partial charge on any atom is -0.370 e. The summed E-state index contributed by atoms with van der Waals surface area (Å²) in [5.74, 6) is 1.31. The Morgan fingerprint density at radius 1 is 1.29 bits per heavy atom. The van der Waals surface area contributed by atoms with E-state index in [1.807, 2.05) is 0 Å². The molecule has 1 fully saturated rings. The van der Waals surface area contributed by atoms with E-state index < -0.39 is 0 Å². The van der Waals surface area contributed by atoms with Crippen LogP contribution in [0.3, 0.4) is 0 Å². The van der Waals surface area contributed by atoms with Gasteiger partial charge in [0.25, 0.3) is 0 Å². The van der Waals surface area contributed by atoms with E-state index >= 15 is 0 Å². The Labute approximate surface area is 106 Å². The molecule has 0 amide bonds. The molecule has 1 rings (SSSR count). The summed E-state index contributed by atoms with van der Waals surface area (Å²) in [6.07, 6.45) is 5.22. The largest absolute Gasteiger partial charge is 0.370 e. The number of nitrogens with two attached hydrogens (primary N) is 1. The van der Waals surface area contributed by atoms with Crippen molar-refractivity contribution in [2.45, 2.75) is 65.8 Å². The summed E-state index contributed by atoms with van der Waals surface area (Å²) in [7, 11) is 0. The highest BCUT2D eigenvalue weighted by atomic mass is 15.1. The number of rotatable bonds is 2. The molecule has 0 aromatic carbocycles. The molecule has 0 aromatic heterocycles. The van der Waals surface area contributed by atoms with Crippen molar-refractivity contribution in [3.05, 3.63) is 0 Å². The predicted molar refractivity (Wildman–Crippen MR) is 75.1 cm³/mol. The summed E-state index contributed by atoms with van der Waals surface area (Å²) in [4.78, 5) is 4.46. The number of aliphatic imine (C=N–C) groups is 1. The van der Waals surface area contributed by atoms with Gasteiger partial charge in [-0.25, -0.2) is 0 Å². The third-order valence-electron chi connectivity index (χ3n) is 3.48. The van der Waals surface area contributed by atoms with Crippen LogP contribution in [-0.2, 0) is 0 Å². The summed E-state index contributed by atoms with van der Waals surface area (Å²) >= 11 is 0. The second-order valence-electron chi connectivity index (χ2n) is 7.21. The topological polar surface area (TPSA) is 50.4 Å². The van der Waals surface area contributed by atoms with E-state index in [1.54, 1.807) is 0 Å². The normalized spacial score (nSPS) is 22.5. The van der Waals surface area contributed by atoms with Crippen molar-refractivity contribution < 1.29 is 0 Å². The van der Waals surface area contributed by atoms with E-state index in [4.69, 9.17) is 5.73 Å². The molecular formula is C14H29N3. The maximum Gasteiger partial charge on any atom is 0.188 e. The van der Waals surface area contributed by atoms with Crippen LogP contribution in [0, 0.1) is 11.3 Å². The first-order chi connectivity index (χ1) is 7.68. The van der Waals surface area contributed by atoms with Gasteiger partial charge >= 0.3 is 0 Å². The van der Waals surface area contributed by atoms with Gasteiger partial charge < -0.3 is 11.1 Å². The zero-order chi connectivity index (χ0) is 13.1. The number of hydrogen-bond acceptors (Lipinski definition) is 1. The van der Waals surface area contributed by atoms with E-state index in [0.717, 1.165) is 12.5 Å². The average molecular weight is 239 g/mol. The first-order valence-corrected chi connectivity index (χ1v) is 6.76. The Balaban J connectivity index is 2.34. The molecule has 0 heterocycles. The van der Waals surface area contributed by atoms with Gasteiger partial charge in [0.1, 0.15) is 0 Å². The minimum atomic E-state index is 0.00212. The van der Waals surface area contributed by atoms with Crippen molar-refractivity contribution in [1.82, 2.24) is 5.32 Å². The van der Waals surface area contributed by atoms with Gasteiger partial charge in [-0.1, -0.05) is 13.8 Å². The molecule has 0 atom stereocenters. The Hall–Kier alpha value is -0.730. The molecule has 1 aliphatic rings. The van der Waals surface area contributed by atoms with Gasteiger partial charge in [-0.15, -0.1) is 0 Å².